The van der Waals surface area contributed by atoms with Crippen molar-refractivity contribution in [3.63, 3.8) is 0 Å². The third-order valence-electron chi connectivity index (χ3n) is 6.97. The summed E-state index contributed by atoms with van der Waals surface area (Å²) in [6.07, 6.45) is 16.1. The maximum absolute atomic E-state index is 11.5. The molecular weight excluding hydrogens is 456 g/mol. The second kappa shape index (κ2) is 11.0. The fourth-order valence-corrected chi connectivity index (χ4v) is 5.83. The molecule has 2 aliphatic carbocycles. The Morgan fingerprint density at radius 3 is 2.54 bits per heavy atom. The first kappa shape index (κ1) is 23.4. The second-order valence-corrected chi connectivity index (χ2v) is 10.2. The van der Waals surface area contributed by atoms with Crippen molar-refractivity contribution in [3.8, 4) is 11.3 Å². The van der Waals surface area contributed by atoms with Crippen LogP contribution in [0.3, 0.4) is 0 Å². The van der Waals surface area contributed by atoms with E-state index in [2.05, 4.69) is 41.4 Å². The number of rotatable bonds is 6. The highest BCUT2D eigenvalue weighted by Gasteiger charge is 2.17. The quantitative estimate of drug-likeness (QED) is 0.156. The van der Waals surface area contributed by atoms with E-state index in [0.29, 0.717) is 22.3 Å². The van der Waals surface area contributed by atoms with E-state index in [1.807, 2.05) is 16.3 Å². The Labute approximate surface area is 209 Å². The van der Waals surface area contributed by atoms with Crippen LogP contribution in [-0.4, -0.2) is 15.8 Å². The lowest BCUT2D eigenvalue weighted by molar-refractivity contribution is -0.384. The van der Waals surface area contributed by atoms with E-state index in [0.717, 1.165) is 30.5 Å². The average Bonchev–Trinajstić information content (AvgIpc) is 3.31. The summed E-state index contributed by atoms with van der Waals surface area (Å²) in [5.41, 5.74) is 3.77. The fourth-order valence-electron chi connectivity index (χ4n) is 4.98. The van der Waals surface area contributed by atoms with Crippen molar-refractivity contribution >= 4 is 28.9 Å². The number of benzene rings is 2. The van der Waals surface area contributed by atoms with Gasteiger partial charge in [0, 0.05) is 23.2 Å². The van der Waals surface area contributed by atoms with Crippen LogP contribution in [0, 0.1) is 16.0 Å². The molecule has 1 atom stereocenters. The van der Waals surface area contributed by atoms with Crippen molar-refractivity contribution in [3.05, 3.63) is 86.5 Å². The number of hydrogen-bond acceptors (Lipinski definition) is 5. The normalized spacial score (nSPS) is 19.4. The van der Waals surface area contributed by atoms with Crippen LogP contribution in [-0.2, 0) is 0 Å². The molecule has 0 saturated heterocycles. The first-order chi connectivity index (χ1) is 17.2. The molecule has 0 amide bonds. The monoisotopic (exact) mass is 486 g/mol. The van der Waals surface area contributed by atoms with E-state index in [1.54, 1.807) is 18.2 Å². The van der Waals surface area contributed by atoms with Gasteiger partial charge in [-0.2, -0.15) is 5.10 Å². The first-order valence-electron chi connectivity index (χ1n) is 12.5. The van der Waals surface area contributed by atoms with Crippen molar-refractivity contribution in [2.24, 2.45) is 16.0 Å². The molecular formula is C28H30N4O2S. The van der Waals surface area contributed by atoms with E-state index < -0.39 is 0 Å². The SMILES string of the molecule is O=[N+]([O-])c1ccccc1N=c1scc(-c2ccc(C3CCCCC3)cc2)n1N=CC1CC=CCC1. The summed E-state index contributed by atoms with van der Waals surface area (Å²) in [5.74, 6) is 1.04. The molecule has 1 heterocycles. The Hall–Kier alpha value is -3.32. The lowest BCUT2D eigenvalue weighted by atomic mass is 9.84. The van der Waals surface area contributed by atoms with Crippen molar-refractivity contribution in [1.29, 1.82) is 0 Å². The minimum atomic E-state index is -0.390. The molecule has 0 bridgehead atoms. The minimum Gasteiger partial charge on any atom is -0.258 e. The first-order valence-corrected chi connectivity index (χ1v) is 13.4. The van der Waals surface area contributed by atoms with Crippen LogP contribution < -0.4 is 4.80 Å². The smallest absolute Gasteiger partial charge is 0.258 e. The molecule has 0 aliphatic heterocycles. The van der Waals surface area contributed by atoms with E-state index >= 15 is 0 Å². The topological polar surface area (TPSA) is 72.8 Å². The Morgan fingerprint density at radius 2 is 1.80 bits per heavy atom. The van der Waals surface area contributed by atoms with Crippen LogP contribution >= 0.6 is 11.3 Å². The van der Waals surface area contributed by atoms with Crippen molar-refractivity contribution in [2.75, 3.05) is 0 Å². The number of aromatic nitrogens is 1. The highest BCUT2D eigenvalue weighted by Crippen LogP contribution is 2.34. The standard InChI is InChI=1S/C28H30N4O2S/c33-32(34)26-14-8-7-13-25(26)30-28-31(29-19-21-9-3-1-4-10-21)27(20-35-28)24-17-15-23(16-18-24)22-11-5-2-6-12-22/h1,3,7-8,13-22H,2,4-6,9-12H2. The highest BCUT2D eigenvalue weighted by molar-refractivity contribution is 7.07. The molecule has 7 heteroatoms. The third-order valence-corrected chi connectivity index (χ3v) is 7.78. The van der Waals surface area contributed by atoms with E-state index in [4.69, 9.17) is 5.10 Å². The Bertz CT molecular complexity index is 1300. The highest BCUT2D eigenvalue weighted by atomic mass is 32.1. The molecule has 1 unspecified atom stereocenters. The zero-order chi connectivity index (χ0) is 24.0. The summed E-state index contributed by atoms with van der Waals surface area (Å²) in [4.78, 5) is 16.4. The molecule has 0 radical (unpaired) electrons. The fraction of sp³-hybridized carbons (Fsp3) is 0.357. The van der Waals surface area contributed by atoms with Crippen LogP contribution in [0.1, 0.15) is 62.8 Å². The van der Waals surface area contributed by atoms with E-state index in [-0.39, 0.29) is 10.6 Å². The van der Waals surface area contributed by atoms with Crippen LogP contribution in [0.2, 0.25) is 0 Å². The summed E-state index contributed by atoms with van der Waals surface area (Å²) >= 11 is 1.45. The molecule has 2 aliphatic rings. The Kier molecular flexibility index (Phi) is 7.33. The summed E-state index contributed by atoms with van der Waals surface area (Å²) < 4.78 is 1.84. The van der Waals surface area contributed by atoms with Gasteiger partial charge < -0.3 is 0 Å². The molecule has 35 heavy (non-hydrogen) atoms. The Balaban J connectivity index is 1.54. The zero-order valence-corrected chi connectivity index (χ0v) is 20.6. The predicted molar refractivity (Wildman–Crippen MR) is 142 cm³/mol. The molecule has 5 rings (SSSR count). The van der Waals surface area contributed by atoms with Crippen LogP contribution in [0.5, 0.6) is 0 Å². The number of thiazole rings is 1. The second-order valence-electron chi connectivity index (χ2n) is 9.34. The largest absolute Gasteiger partial charge is 0.294 e. The molecule has 6 nitrogen and oxygen atoms in total. The van der Waals surface area contributed by atoms with Crippen LogP contribution in [0.15, 0.2) is 76.2 Å². The van der Waals surface area contributed by atoms with Crippen LogP contribution in [0.25, 0.3) is 11.3 Å². The minimum absolute atomic E-state index is 0.00719. The summed E-state index contributed by atoms with van der Waals surface area (Å²) in [5, 5.41) is 18.4. The zero-order valence-electron chi connectivity index (χ0n) is 19.8. The van der Waals surface area contributed by atoms with Gasteiger partial charge in [-0.05, 0) is 55.6 Å². The van der Waals surface area contributed by atoms with Gasteiger partial charge in [-0.3, -0.25) is 10.1 Å². The van der Waals surface area contributed by atoms with Gasteiger partial charge in [0.05, 0.1) is 10.6 Å². The van der Waals surface area contributed by atoms with Crippen molar-refractivity contribution in [1.82, 2.24) is 4.68 Å². The predicted octanol–water partition coefficient (Wildman–Crippen LogP) is 7.60. The van der Waals surface area contributed by atoms with Gasteiger partial charge in [0.1, 0.15) is 5.69 Å². The number of nitro benzene ring substituents is 1. The number of para-hydroxylation sites is 2. The molecule has 0 N–H and O–H groups in total. The van der Waals surface area contributed by atoms with Gasteiger partial charge in [-0.25, -0.2) is 9.67 Å². The number of nitrogens with zero attached hydrogens (tertiary/aromatic N) is 4. The maximum Gasteiger partial charge on any atom is 0.294 e. The summed E-state index contributed by atoms with van der Waals surface area (Å²) in [6.45, 7) is 0. The van der Waals surface area contributed by atoms with Gasteiger partial charge in [0.15, 0.2) is 0 Å². The van der Waals surface area contributed by atoms with Gasteiger partial charge in [-0.1, -0.05) is 67.8 Å². The van der Waals surface area contributed by atoms with Crippen LogP contribution in [0.4, 0.5) is 11.4 Å². The van der Waals surface area contributed by atoms with Gasteiger partial charge in [-0.15, -0.1) is 11.3 Å². The van der Waals surface area contributed by atoms with Gasteiger partial charge >= 0.3 is 0 Å². The molecule has 1 fully saturated rings. The third kappa shape index (κ3) is 5.51. The maximum atomic E-state index is 11.5. The molecule has 2 aromatic carbocycles. The van der Waals surface area contributed by atoms with Gasteiger partial charge in [0.2, 0.25) is 4.80 Å². The lowest BCUT2D eigenvalue weighted by Gasteiger charge is -2.22. The number of allylic oxidation sites excluding steroid dienone is 2. The lowest BCUT2D eigenvalue weighted by Crippen LogP contribution is -2.14. The summed E-state index contributed by atoms with van der Waals surface area (Å²) in [6, 6.07) is 15.5. The van der Waals surface area contributed by atoms with Crippen molar-refractivity contribution < 1.29 is 4.92 Å². The summed E-state index contributed by atoms with van der Waals surface area (Å²) in [7, 11) is 0. The number of hydrogen-bond donors (Lipinski definition) is 0. The molecule has 180 valence electrons. The molecule has 0 spiro atoms. The Morgan fingerprint density at radius 1 is 1.00 bits per heavy atom. The van der Waals surface area contributed by atoms with E-state index in [1.165, 1.54) is 55.1 Å². The molecule has 1 aromatic heterocycles. The number of nitro groups is 1. The molecule has 1 saturated carbocycles. The average molecular weight is 487 g/mol. The van der Waals surface area contributed by atoms with Gasteiger partial charge in [0.25, 0.3) is 5.69 Å². The molecule has 3 aromatic rings. The van der Waals surface area contributed by atoms with E-state index in [9.17, 15) is 10.1 Å². The van der Waals surface area contributed by atoms with Crippen molar-refractivity contribution in [2.45, 2.75) is 57.3 Å².